The quantitative estimate of drug-likeness (QED) is 0.533. The highest BCUT2D eigenvalue weighted by molar-refractivity contribution is 14.1. The van der Waals surface area contributed by atoms with Gasteiger partial charge in [-0.3, -0.25) is 0 Å². The molecule has 0 aromatic heterocycles. The van der Waals surface area contributed by atoms with Crippen LogP contribution in [0.2, 0.25) is 0 Å². The Morgan fingerprint density at radius 3 is 2.69 bits per heavy atom. The van der Waals surface area contributed by atoms with E-state index in [-0.39, 0.29) is 10.5 Å². The molecule has 1 heterocycles. The molecule has 0 atom stereocenters. The molecule has 0 saturated heterocycles. The Morgan fingerprint density at radius 2 is 2.00 bits per heavy atom. The van der Waals surface area contributed by atoms with Crippen molar-refractivity contribution < 1.29 is 17.4 Å². The van der Waals surface area contributed by atoms with Crippen molar-refractivity contribution in [3.8, 4) is 0 Å². The highest BCUT2D eigenvalue weighted by Gasteiger charge is 2.35. The predicted molar refractivity (Wildman–Crippen MR) is 51.8 cm³/mol. The van der Waals surface area contributed by atoms with Crippen molar-refractivity contribution in [1.29, 1.82) is 0 Å². The second-order valence-corrected chi connectivity index (χ2v) is 5.23. The molecule has 0 fully saturated rings. The number of rotatable bonds is 0. The minimum atomic E-state index is -3.83. The van der Waals surface area contributed by atoms with Crippen LogP contribution in [0, 0.1) is 3.57 Å². The van der Waals surface area contributed by atoms with Crippen LogP contribution in [0.25, 0.3) is 0 Å². The highest BCUT2D eigenvalue weighted by Crippen LogP contribution is 2.28. The lowest BCUT2D eigenvalue weighted by atomic mass is 10.2. The van der Waals surface area contributed by atoms with E-state index < -0.39 is 16.1 Å². The van der Waals surface area contributed by atoms with E-state index >= 15 is 0 Å². The fourth-order valence-corrected chi connectivity index (χ4v) is 2.83. The third-order valence-corrected chi connectivity index (χ3v) is 3.54. The van der Waals surface area contributed by atoms with Gasteiger partial charge in [-0.05, 0) is 40.8 Å². The summed E-state index contributed by atoms with van der Waals surface area (Å²) < 4.78 is 27.3. The van der Waals surface area contributed by atoms with Gasteiger partial charge in [-0.1, -0.05) is 0 Å². The van der Waals surface area contributed by atoms with Crippen molar-refractivity contribution in [3.63, 3.8) is 0 Å². The minimum absolute atomic E-state index is 0.0376. The second-order valence-electron chi connectivity index (χ2n) is 2.47. The zero-order valence-corrected chi connectivity index (χ0v) is 9.13. The van der Waals surface area contributed by atoms with E-state index in [1.165, 1.54) is 12.1 Å². The summed E-state index contributed by atoms with van der Waals surface area (Å²) in [6, 6.07) is 4.52. The molecule has 0 aliphatic carbocycles. The SMILES string of the molecule is O=C1OS(=O)(=O)c2cc(I)ccc21. The smallest absolute Gasteiger partial charge is 0.338 e. The van der Waals surface area contributed by atoms with Gasteiger partial charge >= 0.3 is 16.1 Å². The van der Waals surface area contributed by atoms with E-state index in [0.29, 0.717) is 0 Å². The standard InChI is InChI=1S/C7H3IO4S/c8-4-1-2-5-6(3-4)13(10,11)12-7(5)9/h1-3H. The second kappa shape index (κ2) is 2.68. The van der Waals surface area contributed by atoms with Gasteiger partial charge in [0.2, 0.25) is 0 Å². The maximum Gasteiger partial charge on any atom is 0.355 e. The number of benzene rings is 1. The molecule has 2 rings (SSSR count). The Kier molecular flexibility index (Phi) is 1.84. The van der Waals surface area contributed by atoms with Gasteiger partial charge < -0.3 is 4.18 Å². The van der Waals surface area contributed by atoms with Crippen LogP contribution in [0.1, 0.15) is 10.4 Å². The number of fused-ring (bicyclic) bond motifs is 1. The Morgan fingerprint density at radius 1 is 1.31 bits per heavy atom. The van der Waals surface area contributed by atoms with Crippen molar-refractivity contribution in [2.24, 2.45) is 0 Å². The van der Waals surface area contributed by atoms with Crippen LogP contribution in [0.5, 0.6) is 0 Å². The Balaban J connectivity index is 2.81. The van der Waals surface area contributed by atoms with E-state index in [9.17, 15) is 13.2 Å². The summed E-state index contributed by atoms with van der Waals surface area (Å²) in [5.41, 5.74) is 0.111. The first-order chi connectivity index (χ1) is 6.00. The van der Waals surface area contributed by atoms with Crippen LogP contribution in [0.4, 0.5) is 0 Å². The molecular formula is C7H3IO4S. The van der Waals surface area contributed by atoms with E-state index in [2.05, 4.69) is 4.18 Å². The fourth-order valence-electron chi connectivity index (χ4n) is 1.06. The van der Waals surface area contributed by atoms with Crippen molar-refractivity contribution >= 4 is 38.7 Å². The van der Waals surface area contributed by atoms with Gasteiger partial charge in [0.1, 0.15) is 4.90 Å². The molecule has 0 bridgehead atoms. The van der Waals surface area contributed by atoms with Gasteiger partial charge in [0.05, 0.1) is 5.56 Å². The first-order valence-electron chi connectivity index (χ1n) is 3.29. The van der Waals surface area contributed by atoms with Gasteiger partial charge in [0.25, 0.3) is 0 Å². The van der Waals surface area contributed by atoms with Crippen molar-refractivity contribution in [3.05, 3.63) is 27.3 Å². The van der Waals surface area contributed by atoms with E-state index in [4.69, 9.17) is 0 Å². The molecule has 4 nitrogen and oxygen atoms in total. The summed E-state index contributed by atoms with van der Waals surface area (Å²) in [5.74, 6) is -0.800. The van der Waals surface area contributed by atoms with Gasteiger partial charge in [-0.15, -0.1) is 0 Å². The molecule has 1 aliphatic rings. The summed E-state index contributed by atoms with van der Waals surface area (Å²) in [7, 11) is -3.83. The molecule has 0 amide bonds. The number of halogens is 1. The molecule has 0 spiro atoms. The van der Waals surface area contributed by atoms with Gasteiger partial charge in [-0.25, -0.2) is 4.79 Å². The zero-order chi connectivity index (χ0) is 9.64. The van der Waals surface area contributed by atoms with Gasteiger partial charge in [0.15, 0.2) is 0 Å². The maximum atomic E-state index is 11.2. The molecule has 68 valence electrons. The molecule has 0 radical (unpaired) electrons. The zero-order valence-electron chi connectivity index (χ0n) is 6.15. The third kappa shape index (κ3) is 1.33. The Bertz CT molecular complexity index is 491. The number of carbonyl (C=O) groups is 1. The lowest BCUT2D eigenvalue weighted by Crippen LogP contribution is -1.99. The molecule has 0 N–H and O–H groups in total. The number of carbonyl (C=O) groups excluding carboxylic acids is 1. The summed E-state index contributed by atoms with van der Waals surface area (Å²) in [6.45, 7) is 0. The Labute approximate surface area is 88.2 Å². The van der Waals surface area contributed by atoms with E-state index in [0.717, 1.165) is 3.57 Å². The molecular weight excluding hydrogens is 307 g/mol. The molecule has 1 aliphatic heterocycles. The van der Waals surface area contributed by atoms with Gasteiger partial charge in [0, 0.05) is 3.57 Å². The first kappa shape index (κ1) is 8.95. The highest BCUT2D eigenvalue weighted by atomic mass is 127. The average Bonchev–Trinajstić information content (AvgIpc) is 2.23. The number of hydrogen-bond donors (Lipinski definition) is 0. The van der Waals surface area contributed by atoms with E-state index in [1.54, 1.807) is 6.07 Å². The average molecular weight is 310 g/mol. The summed E-state index contributed by atoms with van der Waals surface area (Å²) in [4.78, 5) is 11.0. The van der Waals surface area contributed by atoms with Crippen molar-refractivity contribution in [2.45, 2.75) is 4.90 Å². The maximum absolute atomic E-state index is 11.2. The normalized spacial score (nSPS) is 18.1. The van der Waals surface area contributed by atoms with Crippen LogP contribution >= 0.6 is 22.6 Å². The monoisotopic (exact) mass is 310 g/mol. The molecule has 0 unspecified atom stereocenters. The summed E-state index contributed by atoms with van der Waals surface area (Å²) in [6.07, 6.45) is 0. The van der Waals surface area contributed by atoms with Crippen molar-refractivity contribution in [1.82, 2.24) is 0 Å². The largest absolute Gasteiger partial charge is 0.355 e. The van der Waals surface area contributed by atoms with Crippen LogP contribution in [-0.4, -0.2) is 14.4 Å². The molecule has 13 heavy (non-hydrogen) atoms. The fraction of sp³-hybridized carbons (Fsp3) is 0. The Hall–Kier alpha value is -0.630. The first-order valence-corrected chi connectivity index (χ1v) is 5.78. The topological polar surface area (TPSA) is 60.4 Å². The summed E-state index contributed by atoms with van der Waals surface area (Å²) in [5, 5.41) is 0. The van der Waals surface area contributed by atoms with Crippen LogP contribution < -0.4 is 0 Å². The third-order valence-electron chi connectivity index (χ3n) is 1.62. The lowest BCUT2D eigenvalue weighted by molar-refractivity contribution is 0.0762. The minimum Gasteiger partial charge on any atom is -0.338 e. The predicted octanol–water partition coefficient (Wildman–Crippen LogP) is 1.15. The molecule has 1 aromatic carbocycles. The van der Waals surface area contributed by atoms with Gasteiger partial charge in [-0.2, -0.15) is 8.42 Å². The van der Waals surface area contributed by atoms with Crippen molar-refractivity contribution in [2.75, 3.05) is 0 Å². The number of hydrogen-bond acceptors (Lipinski definition) is 4. The summed E-state index contributed by atoms with van der Waals surface area (Å²) >= 11 is 1.97. The lowest BCUT2D eigenvalue weighted by Gasteiger charge is -1.93. The molecule has 0 saturated carbocycles. The molecule has 1 aromatic rings. The van der Waals surface area contributed by atoms with Crippen LogP contribution in [0.3, 0.4) is 0 Å². The molecule has 6 heteroatoms. The van der Waals surface area contributed by atoms with E-state index in [1.807, 2.05) is 22.6 Å². The van der Waals surface area contributed by atoms with Crippen LogP contribution in [-0.2, 0) is 14.3 Å². The van der Waals surface area contributed by atoms with Crippen LogP contribution in [0.15, 0.2) is 23.1 Å².